The highest BCUT2D eigenvalue weighted by Crippen LogP contribution is 2.22. The highest BCUT2D eigenvalue weighted by molar-refractivity contribution is 9.10. The molecule has 104 valence electrons. The molecular formula is C12H13BrClNO4. The van der Waals surface area contributed by atoms with Crippen molar-refractivity contribution < 1.29 is 19.1 Å². The number of carbonyl (C=O) groups is 2. The molecule has 1 aromatic carbocycles. The van der Waals surface area contributed by atoms with Gasteiger partial charge in [0.1, 0.15) is 11.1 Å². The summed E-state index contributed by atoms with van der Waals surface area (Å²) in [5, 5.41) is 1.63. The van der Waals surface area contributed by atoms with Crippen molar-refractivity contribution in [3.05, 3.63) is 28.2 Å². The molecule has 0 aliphatic heterocycles. The van der Waals surface area contributed by atoms with Gasteiger partial charge >= 0.3 is 5.97 Å². The van der Waals surface area contributed by atoms with Gasteiger partial charge in [-0.25, -0.2) is 0 Å². The van der Waals surface area contributed by atoms with Crippen molar-refractivity contribution in [3.8, 4) is 5.75 Å². The summed E-state index contributed by atoms with van der Waals surface area (Å²) in [7, 11) is 2.75. The lowest BCUT2D eigenvalue weighted by molar-refractivity contribution is -0.140. The van der Waals surface area contributed by atoms with Gasteiger partial charge in [0.15, 0.2) is 0 Å². The first-order chi connectivity index (χ1) is 8.99. The fraction of sp³-hybridized carbons (Fsp3) is 0.333. The zero-order valence-electron chi connectivity index (χ0n) is 10.4. The largest absolute Gasteiger partial charge is 0.497 e. The second-order valence-electron chi connectivity index (χ2n) is 3.55. The van der Waals surface area contributed by atoms with Crippen LogP contribution in [0.1, 0.15) is 10.4 Å². The molecule has 1 N–H and O–H groups in total. The Morgan fingerprint density at radius 1 is 1.42 bits per heavy atom. The van der Waals surface area contributed by atoms with Crippen LogP contribution in [0.15, 0.2) is 22.7 Å². The highest BCUT2D eigenvalue weighted by atomic mass is 79.9. The topological polar surface area (TPSA) is 64.6 Å². The second-order valence-corrected chi connectivity index (χ2v) is 4.93. The lowest BCUT2D eigenvalue weighted by atomic mass is 10.2. The van der Waals surface area contributed by atoms with Gasteiger partial charge in [0.05, 0.1) is 19.8 Å². The fourth-order valence-corrected chi connectivity index (χ4v) is 1.89. The quantitative estimate of drug-likeness (QED) is 0.651. The van der Waals surface area contributed by atoms with Gasteiger partial charge in [-0.05, 0) is 34.1 Å². The van der Waals surface area contributed by atoms with Crippen LogP contribution in [-0.2, 0) is 9.53 Å². The van der Waals surface area contributed by atoms with Crippen LogP contribution >= 0.6 is 27.5 Å². The molecule has 0 bridgehead atoms. The molecule has 1 aromatic rings. The molecule has 5 nitrogen and oxygen atoms in total. The van der Waals surface area contributed by atoms with Gasteiger partial charge < -0.3 is 14.8 Å². The lowest BCUT2D eigenvalue weighted by Crippen LogP contribution is -2.34. The van der Waals surface area contributed by atoms with Gasteiger partial charge in [-0.2, -0.15) is 0 Å². The van der Waals surface area contributed by atoms with E-state index in [0.29, 0.717) is 15.8 Å². The number of amides is 1. The van der Waals surface area contributed by atoms with Crippen LogP contribution in [0.3, 0.4) is 0 Å². The van der Waals surface area contributed by atoms with Crippen LogP contribution in [0.5, 0.6) is 5.75 Å². The van der Waals surface area contributed by atoms with Crippen molar-refractivity contribution >= 4 is 39.4 Å². The lowest BCUT2D eigenvalue weighted by Gasteiger charge is -2.10. The Balaban J connectivity index is 2.70. The van der Waals surface area contributed by atoms with Gasteiger partial charge in [-0.15, -0.1) is 11.6 Å². The number of rotatable bonds is 5. The van der Waals surface area contributed by atoms with Crippen LogP contribution in [0, 0.1) is 0 Å². The number of hydrogen-bond donors (Lipinski definition) is 1. The predicted molar refractivity (Wildman–Crippen MR) is 74.7 cm³/mol. The predicted octanol–water partition coefficient (Wildman–Crippen LogP) is 1.97. The fourth-order valence-electron chi connectivity index (χ4n) is 1.29. The molecule has 0 aliphatic carbocycles. The molecule has 0 aromatic heterocycles. The minimum Gasteiger partial charge on any atom is -0.497 e. The van der Waals surface area contributed by atoms with Crippen LogP contribution in [-0.4, -0.2) is 38.0 Å². The molecule has 0 heterocycles. The summed E-state index contributed by atoms with van der Waals surface area (Å²) in [6.07, 6.45) is 0. The summed E-state index contributed by atoms with van der Waals surface area (Å²) in [4.78, 5) is 23.0. The van der Waals surface area contributed by atoms with Crippen molar-refractivity contribution in [1.82, 2.24) is 5.32 Å². The van der Waals surface area contributed by atoms with Gasteiger partial charge in [-0.3, -0.25) is 9.59 Å². The Bertz CT molecular complexity index is 481. The normalized spacial score (nSPS) is 11.6. The smallest absolute Gasteiger partial charge is 0.325 e. The number of hydrogen-bond acceptors (Lipinski definition) is 4. The molecule has 0 saturated heterocycles. The third-order valence-electron chi connectivity index (χ3n) is 2.32. The molecule has 0 radical (unpaired) electrons. The molecule has 0 spiro atoms. The number of halogens is 2. The van der Waals surface area contributed by atoms with E-state index in [2.05, 4.69) is 26.0 Å². The number of carbonyl (C=O) groups excluding carboxylic acids is 2. The van der Waals surface area contributed by atoms with Crippen LogP contribution in [0.4, 0.5) is 0 Å². The first-order valence-electron chi connectivity index (χ1n) is 5.33. The molecule has 0 saturated carbocycles. The van der Waals surface area contributed by atoms with Gasteiger partial charge in [-0.1, -0.05) is 0 Å². The van der Waals surface area contributed by atoms with Crippen LogP contribution in [0.25, 0.3) is 0 Å². The first-order valence-corrected chi connectivity index (χ1v) is 6.56. The second kappa shape index (κ2) is 7.35. The van der Waals surface area contributed by atoms with E-state index in [0.717, 1.165) is 0 Å². The Labute approximate surface area is 124 Å². The zero-order valence-corrected chi connectivity index (χ0v) is 12.7. The standard InChI is InChI=1S/C12H13BrClNO4/c1-18-7-3-4-9(13)8(5-7)11(16)15-6-10(14)12(17)19-2/h3-5,10H,6H2,1-2H3,(H,15,16). The van der Waals surface area contributed by atoms with Crippen molar-refractivity contribution in [2.24, 2.45) is 0 Å². The summed E-state index contributed by atoms with van der Waals surface area (Å²) in [6.45, 7) is -0.0172. The average Bonchev–Trinajstić information content (AvgIpc) is 2.43. The molecular weight excluding hydrogens is 337 g/mol. The molecule has 1 rings (SSSR count). The molecule has 19 heavy (non-hydrogen) atoms. The number of nitrogens with one attached hydrogen (secondary N) is 1. The Kier molecular flexibility index (Phi) is 6.11. The zero-order chi connectivity index (χ0) is 14.4. The van der Waals surface area contributed by atoms with E-state index in [1.807, 2.05) is 0 Å². The van der Waals surface area contributed by atoms with Crippen molar-refractivity contribution in [3.63, 3.8) is 0 Å². The number of esters is 1. The molecule has 7 heteroatoms. The number of ether oxygens (including phenoxy) is 2. The van der Waals surface area contributed by atoms with E-state index in [1.54, 1.807) is 18.2 Å². The molecule has 1 atom stereocenters. The minimum absolute atomic E-state index is 0.0172. The number of methoxy groups -OCH3 is 2. The Hall–Kier alpha value is -1.27. The van der Waals surface area contributed by atoms with Crippen LogP contribution in [0.2, 0.25) is 0 Å². The van der Waals surface area contributed by atoms with E-state index in [-0.39, 0.29) is 12.5 Å². The number of benzene rings is 1. The van der Waals surface area contributed by atoms with E-state index in [1.165, 1.54) is 14.2 Å². The molecule has 0 fully saturated rings. The van der Waals surface area contributed by atoms with E-state index in [9.17, 15) is 9.59 Å². The summed E-state index contributed by atoms with van der Waals surface area (Å²) in [5.41, 5.74) is 0.396. The first kappa shape index (κ1) is 15.8. The van der Waals surface area contributed by atoms with Crippen molar-refractivity contribution in [1.29, 1.82) is 0 Å². The van der Waals surface area contributed by atoms with Crippen molar-refractivity contribution in [2.75, 3.05) is 20.8 Å². The minimum atomic E-state index is -0.918. The van der Waals surface area contributed by atoms with E-state index in [4.69, 9.17) is 16.3 Å². The summed E-state index contributed by atoms with van der Waals surface area (Å²) < 4.78 is 10.1. The SMILES string of the molecule is COC(=O)C(Cl)CNC(=O)c1cc(OC)ccc1Br. The maximum Gasteiger partial charge on any atom is 0.325 e. The van der Waals surface area contributed by atoms with E-state index < -0.39 is 11.3 Å². The summed E-state index contributed by atoms with van der Waals surface area (Å²) in [6, 6.07) is 5.01. The van der Waals surface area contributed by atoms with E-state index >= 15 is 0 Å². The highest BCUT2D eigenvalue weighted by Gasteiger charge is 2.18. The van der Waals surface area contributed by atoms with Crippen molar-refractivity contribution in [2.45, 2.75) is 5.38 Å². The third-order valence-corrected chi connectivity index (χ3v) is 3.34. The molecule has 1 amide bonds. The Morgan fingerprint density at radius 2 is 2.11 bits per heavy atom. The van der Waals surface area contributed by atoms with Crippen LogP contribution < -0.4 is 10.1 Å². The third kappa shape index (κ3) is 4.40. The summed E-state index contributed by atoms with van der Waals surface area (Å²) >= 11 is 9.00. The Morgan fingerprint density at radius 3 is 2.68 bits per heavy atom. The monoisotopic (exact) mass is 349 g/mol. The average molecular weight is 351 g/mol. The van der Waals surface area contributed by atoms with Gasteiger partial charge in [0.25, 0.3) is 5.91 Å². The van der Waals surface area contributed by atoms with Gasteiger partial charge in [0, 0.05) is 11.0 Å². The molecule has 1 unspecified atom stereocenters. The molecule has 0 aliphatic rings. The maximum absolute atomic E-state index is 11.9. The summed E-state index contributed by atoms with van der Waals surface area (Å²) in [5.74, 6) is -0.393. The maximum atomic E-state index is 11.9. The van der Waals surface area contributed by atoms with Gasteiger partial charge in [0.2, 0.25) is 0 Å². The number of alkyl halides is 1.